The molecule has 0 fully saturated rings. The van der Waals surface area contributed by atoms with Crippen LogP contribution in [0.1, 0.15) is 13.8 Å². The molecule has 0 aromatic heterocycles. The van der Waals surface area contributed by atoms with Crippen LogP contribution in [-0.4, -0.2) is 59.2 Å². The third-order valence-corrected chi connectivity index (χ3v) is 4.66. The van der Waals surface area contributed by atoms with Crippen molar-refractivity contribution in [2.75, 3.05) is 40.1 Å². The molecule has 0 aliphatic carbocycles. The van der Waals surface area contributed by atoms with Crippen molar-refractivity contribution < 1.29 is 13.2 Å². The molecule has 0 saturated heterocycles. The third kappa shape index (κ3) is 5.88. The van der Waals surface area contributed by atoms with Crippen LogP contribution in [0.3, 0.4) is 0 Å². The van der Waals surface area contributed by atoms with E-state index in [-0.39, 0.29) is 0 Å². The summed E-state index contributed by atoms with van der Waals surface area (Å²) in [6.07, 6.45) is 1.23. The zero-order valence-corrected chi connectivity index (χ0v) is 12.0. The second-order valence-corrected chi connectivity index (χ2v) is 7.03. The van der Waals surface area contributed by atoms with Crippen LogP contribution in [0.15, 0.2) is 4.99 Å². The van der Waals surface area contributed by atoms with Crippen LogP contribution in [-0.2, 0) is 14.6 Å². The van der Waals surface area contributed by atoms with E-state index < -0.39 is 14.6 Å². The molecule has 0 bridgehead atoms. The van der Waals surface area contributed by atoms with Gasteiger partial charge in [0.1, 0.15) is 0 Å². The molecule has 0 aliphatic heterocycles. The van der Waals surface area contributed by atoms with Gasteiger partial charge >= 0.3 is 0 Å². The molecule has 2 N–H and O–H groups in total. The largest absolute Gasteiger partial charge is 0.383 e. The Morgan fingerprint density at radius 3 is 2.35 bits per heavy atom. The molecular weight excluding hydrogens is 242 g/mol. The lowest BCUT2D eigenvalue weighted by Crippen LogP contribution is -2.48. The Kier molecular flexibility index (Phi) is 6.48. The highest BCUT2D eigenvalue weighted by Crippen LogP contribution is 2.13. The van der Waals surface area contributed by atoms with E-state index in [0.29, 0.717) is 25.7 Å². The minimum atomic E-state index is -3.10. The van der Waals surface area contributed by atoms with E-state index in [1.165, 1.54) is 6.26 Å². The maximum atomic E-state index is 11.5. The molecule has 0 atom stereocenters. The van der Waals surface area contributed by atoms with Crippen molar-refractivity contribution in [2.24, 2.45) is 4.99 Å². The fourth-order valence-corrected chi connectivity index (χ4v) is 1.25. The highest BCUT2D eigenvalue weighted by molar-refractivity contribution is 7.92. The molecule has 7 heteroatoms. The van der Waals surface area contributed by atoms with Gasteiger partial charge in [0.25, 0.3) is 0 Å². The molecule has 0 aromatic carbocycles. The van der Waals surface area contributed by atoms with Crippen LogP contribution < -0.4 is 10.6 Å². The lowest BCUT2D eigenvalue weighted by Gasteiger charge is -2.24. The molecule has 0 amide bonds. The molecule has 0 spiro atoms. The minimum Gasteiger partial charge on any atom is -0.383 e. The number of nitrogens with zero attached hydrogens (tertiary/aromatic N) is 1. The molecule has 0 unspecified atom stereocenters. The first-order valence-electron chi connectivity index (χ1n) is 5.37. The van der Waals surface area contributed by atoms with Gasteiger partial charge in [-0.2, -0.15) is 0 Å². The first kappa shape index (κ1) is 16.2. The van der Waals surface area contributed by atoms with E-state index in [4.69, 9.17) is 4.74 Å². The van der Waals surface area contributed by atoms with Crippen LogP contribution in [0, 0.1) is 0 Å². The van der Waals surface area contributed by atoms with Gasteiger partial charge in [-0.05, 0) is 13.8 Å². The minimum absolute atomic E-state index is 0.304. The molecule has 0 aliphatic rings. The molecule has 17 heavy (non-hydrogen) atoms. The van der Waals surface area contributed by atoms with Gasteiger partial charge in [-0.1, -0.05) is 0 Å². The first-order valence-corrected chi connectivity index (χ1v) is 7.27. The fourth-order valence-electron chi connectivity index (χ4n) is 0.920. The Morgan fingerprint density at radius 1 is 1.35 bits per heavy atom. The Labute approximate surface area is 104 Å². The van der Waals surface area contributed by atoms with E-state index in [1.54, 1.807) is 28.0 Å². The van der Waals surface area contributed by atoms with Gasteiger partial charge in [-0.3, -0.25) is 4.99 Å². The van der Waals surface area contributed by atoms with E-state index >= 15 is 0 Å². The van der Waals surface area contributed by atoms with Gasteiger partial charge in [0.05, 0.1) is 11.4 Å². The maximum Gasteiger partial charge on any atom is 0.191 e. The second kappa shape index (κ2) is 6.80. The van der Waals surface area contributed by atoms with Gasteiger partial charge in [-0.15, -0.1) is 0 Å². The normalized spacial score (nSPS) is 13.6. The van der Waals surface area contributed by atoms with Gasteiger partial charge in [0.2, 0.25) is 0 Å². The first-order chi connectivity index (χ1) is 7.74. The average molecular weight is 265 g/mol. The SMILES string of the molecule is CN=C(NCCOC)NCC(C)(C)S(C)(=O)=O. The summed E-state index contributed by atoms with van der Waals surface area (Å²) in [5.41, 5.74) is 0. The summed E-state index contributed by atoms with van der Waals surface area (Å²) in [6.45, 7) is 4.85. The molecule has 0 saturated carbocycles. The van der Waals surface area contributed by atoms with Crippen molar-refractivity contribution >= 4 is 15.8 Å². The molecule has 102 valence electrons. The van der Waals surface area contributed by atoms with Gasteiger partial charge in [0, 0.05) is 33.5 Å². The number of nitrogens with one attached hydrogen (secondary N) is 2. The predicted molar refractivity (Wildman–Crippen MR) is 70.2 cm³/mol. The topological polar surface area (TPSA) is 79.8 Å². The summed E-state index contributed by atoms with van der Waals surface area (Å²) in [7, 11) is 0.149. The zero-order valence-electron chi connectivity index (χ0n) is 11.2. The Balaban J connectivity index is 4.25. The van der Waals surface area contributed by atoms with E-state index in [1.807, 2.05) is 0 Å². The van der Waals surface area contributed by atoms with Crippen LogP contribution in [0.25, 0.3) is 0 Å². The molecule has 0 radical (unpaired) electrons. The number of ether oxygens (including phenoxy) is 1. The second-order valence-electron chi connectivity index (χ2n) is 4.38. The van der Waals surface area contributed by atoms with E-state index in [9.17, 15) is 8.42 Å². The number of guanidine groups is 1. The average Bonchev–Trinajstić information content (AvgIpc) is 2.21. The fraction of sp³-hybridized carbons (Fsp3) is 0.900. The lowest BCUT2D eigenvalue weighted by atomic mass is 10.2. The van der Waals surface area contributed by atoms with Crippen molar-refractivity contribution in [1.29, 1.82) is 0 Å². The lowest BCUT2D eigenvalue weighted by molar-refractivity contribution is 0.203. The maximum absolute atomic E-state index is 11.5. The zero-order chi connectivity index (χ0) is 13.5. The Hall–Kier alpha value is -0.820. The predicted octanol–water partition coefficient (Wildman–Crippen LogP) is -0.379. The Morgan fingerprint density at radius 2 is 1.94 bits per heavy atom. The summed E-state index contributed by atoms with van der Waals surface area (Å²) in [6, 6.07) is 0. The van der Waals surface area contributed by atoms with Crippen LogP contribution >= 0.6 is 0 Å². The van der Waals surface area contributed by atoms with Crippen molar-refractivity contribution in [1.82, 2.24) is 10.6 Å². The quantitative estimate of drug-likeness (QED) is 0.389. The summed E-state index contributed by atoms with van der Waals surface area (Å²) < 4.78 is 27.1. The molecule has 0 heterocycles. The van der Waals surface area contributed by atoms with Crippen molar-refractivity contribution in [3.05, 3.63) is 0 Å². The molecular formula is C10H23N3O3S. The van der Waals surface area contributed by atoms with E-state index in [0.717, 1.165) is 0 Å². The van der Waals surface area contributed by atoms with Gasteiger partial charge in [0.15, 0.2) is 15.8 Å². The molecule has 0 aromatic rings. The van der Waals surface area contributed by atoms with Crippen molar-refractivity contribution in [3.63, 3.8) is 0 Å². The summed E-state index contributed by atoms with van der Waals surface area (Å²) in [5, 5.41) is 5.99. The highest BCUT2D eigenvalue weighted by Gasteiger charge is 2.30. The van der Waals surface area contributed by atoms with Crippen LogP contribution in [0.4, 0.5) is 0 Å². The van der Waals surface area contributed by atoms with Crippen LogP contribution in [0.2, 0.25) is 0 Å². The van der Waals surface area contributed by atoms with Crippen molar-refractivity contribution in [2.45, 2.75) is 18.6 Å². The smallest absolute Gasteiger partial charge is 0.191 e. The van der Waals surface area contributed by atoms with Crippen LogP contribution in [0.5, 0.6) is 0 Å². The van der Waals surface area contributed by atoms with Gasteiger partial charge < -0.3 is 15.4 Å². The Bertz CT molecular complexity index is 350. The third-order valence-electron chi connectivity index (χ3n) is 2.51. The summed E-state index contributed by atoms with van der Waals surface area (Å²) in [5.74, 6) is 0.568. The number of hydrogen-bond donors (Lipinski definition) is 2. The monoisotopic (exact) mass is 265 g/mol. The molecule has 0 rings (SSSR count). The summed E-state index contributed by atoms with van der Waals surface area (Å²) in [4.78, 5) is 3.99. The number of hydrogen-bond acceptors (Lipinski definition) is 4. The van der Waals surface area contributed by atoms with E-state index in [2.05, 4.69) is 15.6 Å². The van der Waals surface area contributed by atoms with Gasteiger partial charge in [-0.25, -0.2) is 8.42 Å². The van der Waals surface area contributed by atoms with Crippen molar-refractivity contribution in [3.8, 4) is 0 Å². The summed E-state index contributed by atoms with van der Waals surface area (Å²) >= 11 is 0. The highest BCUT2D eigenvalue weighted by atomic mass is 32.2. The number of methoxy groups -OCH3 is 1. The number of sulfone groups is 1. The standard InChI is InChI=1S/C10H23N3O3S/c1-10(2,17(5,14)15)8-13-9(11-3)12-6-7-16-4/h6-8H2,1-5H3,(H2,11,12,13). The molecule has 6 nitrogen and oxygen atoms in total. The number of rotatable bonds is 6. The number of aliphatic imine (C=N–C) groups is 1.